The predicted molar refractivity (Wildman–Crippen MR) is 102 cm³/mol. The van der Waals surface area contributed by atoms with Gasteiger partial charge in [0.15, 0.2) is 0 Å². The number of aryl methyl sites for hydroxylation is 1. The van der Waals surface area contributed by atoms with E-state index in [1.165, 1.54) is 74.7 Å². The first-order valence-corrected chi connectivity index (χ1v) is 10.7. The summed E-state index contributed by atoms with van der Waals surface area (Å²) in [7, 11) is 0. The van der Waals surface area contributed by atoms with Crippen LogP contribution in [-0.4, -0.2) is 28.6 Å². The van der Waals surface area contributed by atoms with Crippen molar-refractivity contribution in [3.8, 4) is 0 Å². The fraction of sp³-hybridized carbons (Fsp3) is 0.667. The van der Waals surface area contributed by atoms with Crippen LogP contribution in [0.4, 0.5) is 0 Å². The molecule has 0 saturated heterocycles. The Hall–Kier alpha value is -0.960. The Kier molecular flexibility index (Phi) is 6.65. The summed E-state index contributed by atoms with van der Waals surface area (Å²) < 4.78 is 0. The van der Waals surface area contributed by atoms with E-state index in [0.717, 1.165) is 0 Å². The smallest absolute Gasteiger partial charge is 0.233 e. The minimum Gasteiger partial charge on any atom is -0.336 e. The van der Waals surface area contributed by atoms with Crippen molar-refractivity contribution in [2.24, 2.45) is 0 Å². The summed E-state index contributed by atoms with van der Waals surface area (Å²) >= 11 is 1.70. The van der Waals surface area contributed by atoms with Gasteiger partial charge in [0.25, 0.3) is 0 Å². The van der Waals surface area contributed by atoms with Crippen LogP contribution >= 0.6 is 11.8 Å². The lowest BCUT2D eigenvalue weighted by Crippen LogP contribution is -2.49. The summed E-state index contributed by atoms with van der Waals surface area (Å²) in [5.74, 6) is 0.968. The molecule has 3 heteroatoms. The summed E-state index contributed by atoms with van der Waals surface area (Å²) in [5.41, 5.74) is 1.27. The van der Waals surface area contributed by atoms with E-state index in [-0.39, 0.29) is 0 Å². The minimum atomic E-state index is 0.374. The van der Waals surface area contributed by atoms with Gasteiger partial charge in [0.2, 0.25) is 5.91 Å². The zero-order valence-electron chi connectivity index (χ0n) is 15.0. The summed E-state index contributed by atoms with van der Waals surface area (Å²) in [6, 6.07) is 9.55. The number of nitrogens with zero attached hydrogens (tertiary/aromatic N) is 1. The third-order valence-electron chi connectivity index (χ3n) is 5.61. The molecule has 2 fully saturated rings. The molecule has 2 nitrogen and oxygen atoms in total. The van der Waals surface area contributed by atoms with E-state index in [1.54, 1.807) is 11.8 Å². The first kappa shape index (κ1) is 17.8. The molecule has 0 heterocycles. The van der Waals surface area contributed by atoms with Crippen molar-refractivity contribution in [3.05, 3.63) is 29.8 Å². The zero-order chi connectivity index (χ0) is 16.8. The quantitative estimate of drug-likeness (QED) is 0.649. The summed E-state index contributed by atoms with van der Waals surface area (Å²) in [6.45, 7) is 2.10. The summed E-state index contributed by atoms with van der Waals surface area (Å²) in [6.07, 6.45) is 12.8. The van der Waals surface area contributed by atoms with Crippen molar-refractivity contribution < 1.29 is 4.79 Å². The molecule has 1 aromatic carbocycles. The SMILES string of the molecule is Cc1ccc(SCC(=O)N(C2CCCCC2)C2CCCCC2)cc1. The second-order valence-corrected chi connectivity index (χ2v) is 8.54. The van der Waals surface area contributed by atoms with E-state index in [4.69, 9.17) is 0 Å². The first-order valence-electron chi connectivity index (χ1n) is 9.74. The third-order valence-corrected chi connectivity index (χ3v) is 6.60. The van der Waals surface area contributed by atoms with Gasteiger partial charge in [-0.25, -0.2) is 0 Å². The number of benzene rings is 1. The van der Waals surface area contributed by atoms with Crippen LogP contribution in [0.2, 0.25) is 0 Å². The average molecular weight is 346 g/mol. The van der Waals surface area contributed by atoms with Gasteiger partial charge in [-0.2, -0.15) is 0 Å². The zero-order valence-corrected chi connectivity index (χ0v) is 15.8. The van der Waals surface area contributed by atoms with Gasteiger partial charge in [-0.1, -0.05) is 56.2 Å². The van der Waals surface area contributed by atoms with Gasteiger partial charge in [-0.05, 0) is 44.7 Å². The molecule has 2 saturated carbocycles. The van der Waals surface area contributed by atoms with Gasteiger partial charge in [-0.15, -0.1) is 11.8 Å². The van der Waals surface area contributed by atoms with Crippen LogP contribution in [0.1, 0.15) is 69.8 Å². The lowest BCUT2D eigenvalue weighted by atomic mass is 9.88. The highest BCUT2D eigenvalue weighted by Crippen LogP contribution is 2.31. The maximum atomic E-state index is 13.1. The number of carbonyl (C=O) groups excluding carboxylic acids is 1. The van der Waals surface area contributed by atoms with Crippen molar-refractivity contribution in [2.75, 3.05) is 5.75 Å². The van der Waals surface area contributed by atoms with Crippen LogP contribution in [-0.2, 0) is 4.79 Å². The second kappa shape index (κ2) is 8.94. The van der Waals surface area contributed by atoms with Gasteiger partial charge in [-0.3, -0.25) is 4.79 Å². The molecule has 0 unspecified atom stereocenters. The number of thioether (sulfide) groups is 1. The molecule has 0 aliphatic heterocycles. The molecule has 2 aliphatic carbocycles. The molecule has 1 amide bonds. The van der Waals surface area contributed by atoms with Crippen LogP contribution in [0, 0.1) is 6.92 Å². The molecule has 0 radical (unpaired) electrons. The molecule has 24 heavy (non-hydrogen) atoms. The number of carbonyl (C=O) groups is 1. The summed E-state index contributed by atoms with van der Waals surface area (Å²) in [4.78, 5) is 16.6. The Morgan fingerprint density at radius 2 is 1.42 bits per heavy atom. The number of amides is 1. The van der Waals surface area contributed by atoms with Crippen LogP contribution in [0.5, 0.6) is 0 Å². The van der Waals surface area contributed by atoms with Crippen molar-refractivity contribution in [3.63, 3.8) is 0 Å². The Balaban J connectivity index is 1.64. The first-order chi connectivity index (χ1) is 11.7. The third kappa shape index (κ3) is 4.78. The van der Waals surface area contributed by atoms with Gasteiger partial charge >= 0.3 is 0 Å². The van der Waals surface area contributed by atoms with Crippen LogP contribution < -0.4 is 0 Å². The monoisotopic (exact) mass is 345 g/mol. The molecule has 0 spiro atoms. The van der Waals surface area contributed by atoms with Crippen molar-refractivity contribution >= 4 is 17.7 Å². The Labute approximate surface area is 151 Å². The highest BCUT2D eigenvalue weighted by molar-refractivity contribution is 8.00. The fourth-order valence-corrected chi connectivity index (χ4v) is 5.05. The van der Waals surface area contributed by atoms with Gasteiger partial charge < -0.3 is 4.90 Å². The average Bonchev–Trinajstić information content (AvgIpc) is 2.63. The fourth-order valence-electron chi connectivity index (χ4n) is 4.28. The van der Waals surface area contributed by atoms with E-state index in [9.17, 15) is 4.79 Å². The Bertz CT molecular complexity index is 497. The van der Waals surface area contributed by atoms with Gasteiger partial charge in [0, 0.05) is 17.0 Å². The number of hydrogen-bond donors (Lipinski definition) is 0. The van der Waals surface area contributed by atoms with Gasteiger partial charge in [0.05, 0.1) is 5.75 Å². The molecular formula is C21H31NOS. The standard InChI is InChI=1S/C21H31NOS/c1-17-12-14-20(15-13-17)24-16-21(23)22(18-8-4-2-5-9-18)19-10-6-3-7-11-19/h12-15,18-19H,2-11,16H2,1H3. The second-order valence-electron chi connectivity index (χ2n) is 7.49. The highest BCUT2D eigenvalue weighted by Gasteiger charge is 2.32. The topological polar surface area (TPSA) is 20.3 Å². The predicted octanol–water partition coefficient (Wildman–Crippen LogP) is 5.58. The van der Waals surface area contributed by atoms with Crippen molar-refractivity contribution in [1.29, 1.82) is 0 Å². The van der Waals surface area contributed by atoms with Crippen LogP contribution in [0.15, 0.2) is 29.2 Å². The molecule has 0 N–H and O–H groups in total. The van der Waals surface area contributed by atoms with Crippen molar-refractivity contribution in [1.82, 2.24) is 4.90 Å². The Morgan fingerprint density at radius 1 is 0.917 bits per heavy atom. The van der Waals surface area contributed by atoms with E-state index < -0.39 is 0 Å². The molecular weight excluding hydrogens is 314 g/mol. The maximum Gasteiger partial charge on any atom is 0.233 e. The van der Waals surface area contributed by atoms with Crippen molar-refractivity contribution in [2.45, 2.75) is 88.1 Å². The molecule has 132 valence electrons. The van der Waals surface area contributed by atoms with E-state index in [0.29, 0.717) is 23.7 Å². The van der Waals surface area contributed by atoms with Gasteiger partial charge in [0.1, 0.15) is 0 Å². The summed E-state index contributed by atoms with van der Waals surface area (Å²) in [5, 5.41) is 0. The highest BCUT2D eigenvalue weighted by atomic mass is 32.2. The number of rotatable bonds is 5. The van der Waals surface area contributed by atoms with E-state index in [2.05, 4.69) is 36.1 Å². The lowest BCUT2D eigenvalue weighted by molar-refractivity contribution is -0.135. The van der Waals surface area contributed by atoms with Crippen LogP contribution in [0.3, 0.4) is 0 Å². The van der Waals surface area contributed by atoms with Crippen LogP contribution in [0.25, 0.3) is 0 Å². The molecule has 0 atom stereocenters. The number of hydrogen-bond acceptors (Lipinski definition) is 2. The molecule has 3 rings (SSSR count). The normalized spacial score (nSPS) is 20.0. The van der Waals surface area contributed by atoms with E-state index >= 15 is 0 Å². The molecule has 1 aromatic rings. The molecule has 0 aromatic heterocycles. The molecule has 2 aliphatic rings. The largest absolute Gasteiger partial charge is 0.336 e. The minimum absolute atomic E-state index is 0.374. The molecule has 0 bridgehead atoms. The lowest BCUT2D eigenvalue weighted by Gasteiger charge is -2.41. The Morgan fingerprint density at radius 3 is 1.92 bits per heavy atom. The maximum absolute atomic E-state index is 13.1. The van der Waals surface area contributed by atoms with E-state index in [1.807, 2.05) is 0 Å².